The summed E-state index contributed by atoms with van der Waals surface area (Å²) in [5, 5.41) is 10.1. The summed E-state index contributed by atoms with van der Waals surface area (Å²) < 4.78 is 5.08. The fourth-order valence-electron chi connectivity index (χ4n) is 2.56. The minimum absolute atomic E-state index is 0.0295. The summed E-state index contributed by atoms with van der Waals surface area (Å²) in [6.45, 7) is 0. The number of nitrogens with one attached hydrogen (secondary N) is 1. The van der Waals surface area contributed by atoms with Crippen LogP contribution in [-0.2, 0) is 0 Å². The molecular formula is C17H10N2O4. The first kappa shape index (κ1) is 13.3. The molecule has 2 aromatic heterocycles. The maximum absolute atomic E-state index is 12.4. The summed E-state index contributed by atoms with van der Waals surface area (Å²) >= 11 is 0. The van der Waals surface area contributed by atoms with Gasteiger partial charge in [-0.05, 0) is 24.3 Å². The highest BCUT2D eigenvalue weighted by Crippen LogP contribution is 2.27. The van der Waals surface area contributed by atoms with Crippen LogP contribution in [0.25, 0.3) is 33.3 Å². The van der Waals surface area contributed by atoms with Gasteiger partial charge in [-0.15, -0.1) is 0 Å². The summed E-state index contributed by atoms with van der Waals surface area (Å²) in [5.41, 5.74) is 0.905. The van der Waals surface area contributed by atoms with Gasteiger partial charge in [0.25, 0.3) is 5.56 Å². The number of aromatic hydroxyl groups is 1. The van der Waals surface area contributed by atoms with Gasteiger partial charge < -0.3 is 14.5 Å². The smallest absolute Gasteiger partial charge is 0.336 e. The Morgan fingerprint density at radius 3 is 2.74 bits per heavy atom. The van der Waals surface area contributed by atoms with Gasteiger partial charge in [0.05, 0.1) is 11.0 Å². The molecule has 0 aliphatic heterocycles. The molecule has 6 nitrogen and oxygen atoms in total. The highest BCUT2D eigenvalue weighted by atomic mass is 16.4. The van der Waals surface area contributed by atoms with Crippen molar-refractivity contribution >= 4 is 22.0 Å². The number of phenolic OH excluding ortho intramolecular Hbond substituents is 1. The molecule has 6 heteroatoms. The van der Waals surface area contributed by atoms with Crippen molar-refractivity contribution in [3.05, 3.63) is 69.3 Å². The standard InChI is InChI=1S/C17H10N2O4/c20-9-5-6-10-11(8-15(21)23-14(10)7-9)16-17(22)19-13-4-2-1-3-12(13)18-16/h1-8,20H,(H,19,22). The summed E-state index contributed by atoms with van der Waals surface area (Å²) in [6.07, 6.45) is 0. The molecular weight excluding hydrogens is 296 g/mol. The highest BCUT2D eigenvalue weighted by Gasteiger charge is 2.14. The topological polar surface area (TPSA) is 96.2 Å². The van der Waals surface area contributed by atoms with Crippen LogP contribution in [0.15, 0.2) is 62.5 Å². The van der Waals surface area contributed by atoms with E-state index in [4.69, 9.17) is 4.42 Å². The molecule has 0 atom stereocenters. The van der Waals surface area contributed by atoms with Crippen LogP contribution < -0.4 is 11.2 Å². The molecule has 2 heterocycles. The third kappa shape index (κ3) is 2.17. The Morgan fingerprint density at radius 2 is 1.87 bits per heavy atom. The van der Waals surface area contributed by atoms with Crippen LogP contribution in [0, 0.1) is 0 Å². The summed E-state index contributed by atoms with van der Waals surface area (Å²) in [5.74, 6) is -0.0295. The maximum atomic E-state index is 12.4. The van der Waals surface area contributed by atoms with Gasteiger partial charge in [0, 0.05) is 23.1 Å². The number of rotatable bonds is 1. The number of para-hydroxylation sites is 2. The van der Waals surface area contributed by atoms with Gasteiger partial charge in [0.1, 0.15) is 17.0 Å². The Morgan fingerprint density at radius 1 is 1.04 bits per heavy atom. The quantitative estimate of drug-likeness (QED) is 0.526. The van der Waals surface area contributed by atoms with E-state index in [2.05, 4.69) is 9.97 Å². The van der Waals surface area contributed by atoms with Gasteiger partial charge in [-0.1, -0.05) is 12.1 Å². The van der Waals surface area contributed by atoms with Gasteiger partial charge in [-0.25, -0.2) is 9.78 Å². The van der Waals surface area contributed by atoms with E-state index in [1.165, 1.54) is 18.2 Å². The van der Waals surface area contributed by atoms with Gasteiger partial charge in [0.15, 0.2) is 0 Å². The largest absolute Gasteiger partial charge is 0.508 e. The van der Waals surface area contributed by atoms with Gasteiger partial charge >= 0.3 is 5.63 Å². The summed E-state index contributed by atoms with van der Waals surface area (Å²) in [7, 11) is 0. The number of aromatic amines is 1. The Bertz CT molecular complexity index is 1170. The molecule has 0 aliphatic rings. The van der Waals surface area contributed by atoms with Crippen LogP contribution in [0.2, 0.25) is 0 Å². The minimum atomic E-state index is -0.618. The first-order valence-electron chi connectivity index (χ1n) is 6.88. The van der Waals surface area contributed by atoms with E-state index in [-0.39, 0.29) is 17.0 Å². The molecule has 0 fully saturated rings. The predicted molar refractivity (Wildman–Crippen MR) is 85.5 cm³/mol. The van der Waals surface area contributed by atoms with Crippen molar-refractivity contribution in [2.24, 2.45) is 0 Å². The average Bonchev–Trinajstić information content (AvgIpc) is 2.53. The van der Waals surface area contributed by atoms with Crippen LogP contribution in [0.4, 0.5) is 0 Å². The fraction of sp³-hybridized carbons (Fsp3) is 0. The predicted octanol–water partition coefficient (Wildman–Crippen LogP) is 2.40. The molecule has 0 radical (unpaired) electrons. The molecule has 2 N–H and O–H groups in total. The van der Waals surface area contributed by atoms with E-state index in [9.17, 15) is 14.7 Å². The molecule has 2 aromatic carbocycles. The zero-order valence-corrected chi connectivity index (χ0v) is 11.7. The van der Waals surface area contributed by atoms with E-state index in [0.29, 0.717) is 22.0 Å². The average molecular weight is 306 g/mol. The lowest BCUT2D eigenvalue weighted by molar-refractivity contribution is 0.473. The monoisotopic (exact) mass is 306 g/mol. The minimum Gasteiger partial charge on any atom is -0.508 e. The van der Waals surface area contributed by atoms with Crippen molar-refractivity contribution < 1.29 is 9.52 Å². The van der Waals surface area contributed by atoms with Crippen LogP contribution in [0.5, 0.6) is 5.75 Å². The number of hydrogen-bond acceptors (Lipinski definition) is 5. The maximum Gasteiger partial charge on any atom is 0.336 e. The molecule has 112 valence electrons. The van der Waals surface area contributed by atoms with Crippen molar-refractivity contribution in [1.29, 1.82) is 0 Å². The van der Waals surface area contributed by atoms with Crippen LogP contribution in [0.1, 0.15) is 0 Å². The fourth-order valence-corrected chi connectivity index (χ4v) is 2.56. The second-order valence-corrected chi connectivity index (χ2v) is 5.09. The third-order valence-electron chi connectivity index (χ3n) is 3.58. The van der Waals surface area contributed by atoms with Crippen molar-refractivity contribution in [2.45, 2.75) is 0 Å². The molecule has 0 amide bonds. The molecule has 0 saturated heterocycles. The van der Waals surface area contributed by atoms with Crippen molar-refractivity contribution in [1.82, 2.24) is 9.97 Å². The highest BCUT2D eigenvalue weighted by molar-refractivity contribution is 5.93. The van der Waals surface area contributed by atoms with Crippen molar-refractivity contribution in [2.75, 3.05) is 0 Å². The number of benzene rings is 2. The molecule has 0 spiro atoms. The van der Waals surface area contributed by atoms with Crippen LogP contribution >= 0.6 is 0 Å². The Kier molecular flexibility index (Phi) is 2.77. The number of phenols is 1. The molecule has 0 bridgehead atoms. The second kappa shape index (κ2) is 4.81. The van der Waals surface area contributed by atoms with Gasteiger partial charge in [0.2, 0.25) is 0 Å². The molecule has 4 aromatic rings. The van der Waals surface area contributed by atoms with Crippen LogP contribution in [-0.4, -0.2) is 15.1 Å². The Hall–Kier alpha value is -3.41. The third-order valence-corrected chi connectivity index (χ3v) is 3.58. The number of aromatic nitrogens is 2. The lowest BCUT2D eigenvalue weighted by Gasteiger charge is -2.06. The SMILES string of the molecule is O=c1cc(-c2nc3ccccc3[nH]c2=O)c2ccc(O)cc2o1. The zero-order chi connectivity index (χ0) is 16.0. The molecule has 0 unspecified atom stereocenters. The van der Waals surface area contributed by atoms with Crippen molar-refractivity contribution in [3.63, 3.8) is 0 Å². The number of fused-ring (bicyclic) bond motifs is 2. The summed E-state index contributed by atoms with van der Waals surface area (Å²) in [4.78, 5) is 31.3. The first-order valence-corrected chi connectivity index (χ1v) is 6.88. The Labute approximate surface area is 128 Å². The molecule has 4 rings (SSSR count). The Balaban J connectivity index is 2.12. The van der Waals surface area contributed by atoms with Gasteiger partial charge in [-0.2, -0.15) is 0 Å². The molecule has 0 saturated carbocycles. The lowest BCUT2D eigenvalue weighted by Crippen LogP contribution is -2.13. The zero-order valence-electron chi connectivity index (χ0n) is 11.7. The summed E-state index contributed by atoms with van der Waals surface area (Å²) in [6, 6.07) is 12.7. The molecule has 0 aliphatic carbocycles. The van der Waals surface area contributed by atoms with E-state index >= 15 is 0 Å². The number of hydrogen-bond donors (Lipinski definition) is 2. The molecule has 23 heavy (non-hydrogen) atoms. The normalized spacial score (nSPS) is 11.1. The van der Waals surface area contributed by atoms with E-state index < -0.39 is 11.2 Å². The van der Waals surface area contributed by atoms with E-state index in [1.54, 1.807) is 24.3 Å². The van der Waals surface area contributed by atoms with E-state index in [0.717, 1.165) is 0 Å². The number of nitrogens with zero attached hydrogens (tertiary/aromatic N) is 1. The van der Waals surface area contributed by atoms with E-state index in [1.807, 2.05) is 6.07 Å². The second-order valence-electron chi connectivity index (χ2n) is 5.09. The van der Waals surface area contributed by atoms with Crippen molar-refractivity contribution in [3.8, 4) is 17.0 Å². The van der Waals surface area contributed by atoms with Gasteiger partial charge in [-0.3, -0.25) is 4.79 Å². The first-order chi connectivity index (χ1) is 11.1. The number of H-pyrrole nitrogens is 1. The lowest BCUT2D eigenvalue weighted by atomic mass is 10.1. The van der Waals surface area contributed by atoms with Crippen LogP contribution in [0.3, 0.4) is 0 Å².